The van der Waals surface area contributed by atoms with Gasteiger partial charge in [-0.2, -0.15) is 13.2 Å². The molecule has 0 aliphatic carbocycles. The molecule has 0 spiro atoms. The lowest BCUT2D eigenvalue weighted by Crippen LogP contribution is -2.41. The average molecular weight is 469 g/mol. The van der Waals surface area contributed by atoms with E-state index in [1.807, 2.05) is 0 Å². The first-order chi connectivity index (χ1) is 16.3. The van der Waals surface area contributed by atoms with Gasteiger partial charge in [-0.15, -0.1) is 0 Å². The van der Waals surface area contributed by atoms with Crippen molar-refractivity contribution in [3.63, 3.8) is 0 Å². The Morgan fingerprint density at radius 2 is 1.71 bits per heavy atom. The van der Waals surface area contributed by atoms with Crippen LogP contribution in [0.2, 0.25) is 0 Å². The molecule has 7 nitrogen and oxygen atoms in total. The Bertz CT molecular complexity index is 1160. The van der Waals surface area contributed by atoms with Gasteiger partial charge in [-0.1, -0.05) is 12.1 Å². The molecule has 2 N–H and O–H groups in total. The maximum absolute atomic E-state index is 13.2. The van der Waals surface area contributed by atoms with Crippen molar-refractivity contribution in [3.8, 4) is 0 Å². The highest BCUT2D eigenvalue weighted by atomic mass is 19.4. The number of likely N-dealkylation sites (tertiary alicyclic amines) is 1. The molecule has 34 heavy (non-hydrogen) atoms. The van der Waals surface area contributed by atoms with E-state index < -0.39 is 11.7 Å². The minimum atomic E-state index is -4.48. The second-order valence-corrected chi connectivity index (χ2v) is 7.87. The van der Waals surface area contributed by atoms with Crippen molar-refractivity contribution in [1.29, 1.82) is 0 Å². The summed E-state index contributed by atoms with van der Waals surface area (Å²) in [7, 11) is 0. The Balaban J connectivity index is 1.41. The number of amides is 2. The van der Waals surface area contributed by atoms with Crippen LogP contribution >= 0.6 is 0 Å². The molecular weight excluding hydrogens is 447 g/mol. The van der Waals surface area contributed by atoms with E-state index >= 15 is 0 Å². The fraction of sp³-hybridized carbons (Fsp3) is 0.250. The third kappa shape index (κ3) is 5.51. The molecule has 1 saturated heterocycles. The van der Waals surface area contributed by atoms with Gasteiger partial charge in [0.15, 0.2) is 0 Å². The van der Waals surface area contributed by atoms with Crippen molar-refractivity contribution < 1.29 is 22.8 Å². The standard InChI is InChI=1S/C24H22F3N5O2/c25-24(26,27)17-5-3-6-18(15-17)30-21-19(7-4-12-29-21)23(34)32-13-9-16(10-14-32)22(33)31-20-8-1-2-11-28-20/h1-8,11-12,15-16H,9-10,13-14H2,(H,29,30)(H,28,31,33). The molecule has 1 aromatic carbocycles. The zero-order chi connectivity index (χ0) is 24.1. The van der Waals surface area contributed by atoms with Crippen LogP contribution in [-0.4, -0.2) is 39.8 Å². The maximum atomic E-state index is 13.2. The van der Waals surface area contributed by atoms with Crippen LogP contribution < -0.4 is 10.6 Å². The van der Waals surface area contributed by atoms with Crippen LogP contribution in [0.15, 0.2) is 67.0 Å². The number of pyridine rings is 2. The molecule has 1 fully saturated rings. The summed E-state index contributed by atoms with van der Waals surface area (Å²) in [5.74, 6) is -0.0404. The van der Waals surface area contributed by atoms with E-state index in [9.17, 15) is 22.8 Å². The second kappa shape index (κ2) is 9.90. The summed E-state index contributed by atoms with van der Waals surface area (Å²) in [6.07, 6.45) is -0.452. The third-order valence-corrected chi connectivity index (χ3v) is 5.56. The summed E-state index contributed by atoms with van der Waals surface area (Å²) >= 11 is 0. The lowest BCUT2D eigenvalue weighted by Gasteiger charge is -2.31. The van der Waals surface area contributed by atoms with E-state index in [2.05, 4.69) is 20.6 Å². The van der Waals surface area contributed by atoms with Gasteiger partial charge < -0.3 is 15.5 Å². The average Bonchev–Trinajstić information content (AvgIpc) is 2.84. The number of rotatable bonds is 5. The number of nitrogens with zero attached hydrogens (tertiary/aromatic N) is 3. The zero-order valence-electron chi connectivity index (χ0n) is 18.0. The smallest absolute Gasteiger partial charge is 0.340 e. The van der Waals surface area contributed by atoms with Gasteiger partial charge in [0, 0.05) is 37.1 Å². The molecule has 176 valence electrons. The molecule has 2 aromatic heterocycles. The first-order valence-corrected chi connectivity index (χ1v) is 10.7. The lowest BCUT2D eigenvalue weighted by molar-refractivity contribution is -0.137. The second-order valence-electron chi connectivity index (χ2n) is 7.87. The summed E-state index contributed by atoms with van der Waals surface area (Å²) in [5.41, 5.74) is -0.379. The fourth-order valence-electron chi connectivity index (χ4n) is 3.77. The Morgan fingerprint density at radius 3 is 2.41 bits per heavy atom. The van der Waals surface area contributed by atoms with Crippen molar-refractivity contribution in [2.75, 3.05) is 23.7 Å². The van der Waals surface area contributed by atoms with Crippen molar-refractivity contribution in [1.82, 2.24) is 14.9 Å². The minimum Gasteiger partial charge on any atom is -0.340 e. The number of anilines is 3. The highest BCUT2D eigenvalue weighted by Gasteiger charge is 2.31. The van der Waals surface area contributed by atoms with E-state index in [1.165, 1.54) is 18.3 Å². The SMILES string of the molecule is O=C(Nc1ccccn1)C1CCN(C(=O)c2cccnc2Nc2cccc(C(F)(F)F)c2)CC1. The van der Waals surface area contributed by atoms with Gasteiger partial charge in [-0.05, 0) is 55.3 Å². The molecule has 0 bridgehead atoms. The summed E-state index contributed by atoms with van der Waals surface area (Å²) in [4.78, 5) is 35.5. The summed E-state index contributed by atoms with van der Waals surface area (Å²) < 4.78 is 39.1. The molecule has 3 heterocycles. The maximum Gasteiger partial charge on any atom is 0.416 e. The first kappa shape index (κ1) is 23.2. The van der Waals surface area contributed by atoms with Crippen LogP contribution in [0.3, 0.4) is 0 Å². The Morgan fingerprint density at radius 1 is 0.941 bits per heavy atom. The van der Waals surface area contributed by atoms with Crippen molar-refractivity contribution in [3.05, 3.63) is 78.1 Å². The van der Waals surface area contributed by atoms with Crippen LogP contribution in [0.1, 0.15) is 28.8 Å². The predicted molar refractivity (Wildman–Crippen MR) is 120 cm³/mol. The third-order valence-electron chi connectivity index (χ3n) is 5.56. The van der Waals surface area contributed by atoms with E-state index in [4.69, 9.17) is 0 Å². The monoisotopic (exact) mass is 469 g/mol. The Kier molecular flexibility index (Phi) is 6.76. The zero-order valence-corrected chi connectivity index (χ0v) is 18.0. The topological polar surface area (TPSA) is 87.2 Å². The molecule has 0 unspecified atom stereocenters. The highest BCUT2D eigenvalue weighted by Crippen LogP contribution is 2.32. The quantitative estimate of drug-likeness (QED) is 0.564. The molecule has 10 heteroatoms. The summed E-state index contributed by atoms with van der Waals surface area (Å²) in [5, 5.41) is 5.61. The molecule has 1 aliphatic heterocycles. The molecular formula is C24H22F3N5O2. The number of benzene rings is 1. The Hall–Kier alpha value is -3.95. The highest BCUT2D eigenvalue weighted by molar-refractivity contribution is 5.99. The number of carbonyl (C=O) groups excluding carboxylic acids is 2. The molecule has 0 atom stereocenters. The normalized spacial score (nSPS) is 14.5. The molecule has 2 amide bonds. The molecule has 4 rings (SSSR count). The number of halogens is 3. The van der Waals surface area contributed by atoms with E-state index in [0.29, 0.717) is 31.7 Å². The van der Waals surface area contributed by atoms with Crippen molar-refractivity contribution in [2.45, 2.75) is 19.0 Å². The van der Waals surface area contributed by atoms with Crippen LogP contribution in [0.25, 0.3) is 0 Å². The lowest BCUT2D eigenvalue weighted by atomic mass is 9.95. The Labute approximate surface area is 194 Å². The van der Waals surface area contributed by atoms with E-state index in [1.54, 1.807) is 41.4 Å². The number of hydrogen-bond donors (Lipinski definition) is 2. The minimum absolute atomic E-state index is 0.140. The fourth-order valence-corrected chi connectivity index (χ4v) is 3.77. The van der Waals surface area contributed by atoms with Gasteiger partial charge in [-0.3, -0.25) is 9.59 Å². The molecule has 0 radical (unpaired) electrons. The van der Waals surface area contributed by atoms with Gasteiger partial charge in [0.25, 0.3) is 5.91 Å². The number of aromatic nitrogens is 2. The van der Waals surface area contributed by atoms with Gasteiger partial charge >= 0.3 is 6.18 Å². The summed E-state index contributed by atoms with van der Waals surface area (Å²) in [6, 6.07) is 13.1. The van der Waals surface area contributed by atoms with E-state index in [-0.39, 0.29) is 34.8 Å². The van der Waals surface area contributed by atoms with Crippen LogP contribution in [0, 0.1) is 5.92 Å². The molecule has 3 aromatic rings. The number of hydrogen-bond acceptors (Lipinski definition) is 5. The van der Waals surface area contributed by atoms with Gasteiger partial charge in [0.1, 0.15) is 11.6 Å². The van der Waals surface area contributed by atoms with Crippen molar-refractivity contribution >= 4 is 29.1 Å². The molecule has 0 saturated carbocycles. The number of nitrogens with one attached hydrogen (secondary N) is 2. The number of piperidine rings is 1. The van der Waals surface area contributed by atoms with Crippen molar-refractivity contribution in [2.24, 2.45) is 5.92 Å². The first-order valence-electron chi connectivity index (χ1n) is 10.7. The molecule has 1 aliphatic rings. The predicted octanol–water partition coefficient (Wildman–Crippen LogP) is 4.73. The van der Waals surface area contributed by atoms with Crippen LogP contribution in [0.5, 0.6) is 0 Å². The summed E-state index contributed by atoms with van der Waals surface area (Å²) in [6.45, 7) is 0.744. The van der Waals surface area contributed by atoms with Gasteiger partial charge in [0.2, 0.25) is 5.91 Å². The number of alkyl halides is 3. The largest absolute Gasteiger partial charge is 0.416 e. The van der Waals surface area contributed by atoms with Gasteiger partial charge in [0.05, 0.1) is 11.1 Å². The van der Waals surface area contributed by atoms with E-state index in [0.717, 1.165) is 12.1 Å². The number of carbonyl (C=O) groups is 2. The van der Waals surface area contributed by atoms with Crippen LogP contribution in [-0.2, 0) is 11.0 Å². The van der Waals surface area contributed by atoms with Gasteiger partial charge in [-0.25, -0.2) is 9.97 Å². The van der Waals surface area contributed by atoms with Crippen LogP contribution in [0.4, 0.5) is 30.5 Å².